The number of rotatable bonds is 7. The number of hydrogen-bond donors (Lipinski definition) is 3. The van der Waals surface area contributed by atoms with Crippen molar-refractivity contribution in [1.29, 1.82) is 0 Å². The third-order valence-electron chi connectivity index (χ3n) is 2.34. The van der Waals surface area contributed by atoms with Gasteiger partial charge in [-0.15, -0.1) is 0 Å². The van der Waals surface area contributed by atoms with Crippen LogP contribution in [0.1, 0.15) is 20.3 Å². The Morgan fingerprint density at radius 3 is 2.39 bits per heavy atom. The first-order valence-corrected chi connectivity index (χ1v) is 7.44. The van der Waals surface area contributed by atoms with Gasteiger partial charge in [0.05, 0.1) is 0 Å². The third-order valence-corrected chi connectivity index (χ3v) is 3.81. The van der Waals surface area contributed by atoms with Crippen LogP contribution in [-0.2, 0) is 10.0 Å². The molecule has 1 aromatic carbocycles. The maximum atomic E-state index is 11.8. The average Bonchev–Trinajstić information content (AvgIpc) is 2.29. The fourth-order valence-electron chi connectivity index (χ4n) is 1.39. The summed E-state index contributed by atoms with van der Waals surface area (Å²) in [4.78, 5) is 0. The molecule has 102 valence electrons. The van der Waals surface area contributed by atoms with Gasteiger partial charge in [0.1, 0.15) is 0 Å². The van der Waals surface area contributed by atoms with Crippen molar-refractivity contribution >= 4 is 15.7 Å². The highest BCUT2D eigenvalue weighted by Crippen LogP contribution is 2.11. The number of aliphatic hydroxyl groups is 1. The Bertz CT molecular complexity index is 446. The van der Waals surface area contributed by atoms with Crippen molar-refractivity contribution in [3.63, 3.8) is 0 Å². The van der Waals surface area contributed by atoms with E-state index in [0.717, 1.165) is 0 Å². The molecule has 6 heteroatoms. The minimum absolute atomic E-state index is 0.153. The number of benzene rings is 1. The van der Waals surface area contributed by atoms with Gasteiger partial charge in [-0.25, -0.2) is 8.42 Å². The zero-order chi connectivity index (χ0) is 13.6. The van der Waals surface area contributed by atoms with Crippen LogP contribution in [0.2, 0.25) is 0 Å². The largest absolute Gasteiger partial charge is 0.375 e. The highest BCUT2D eigenvalue weighted by Gasteiger charge is 2.22. The van der Waals surface area contributed by atoms with E-state index in [0.29, 0.717) is 12.2 Å². The van der Waals surface area contributed by atoms with E-state index in [9.17, 15) is 13.5 Å². The Balaban J connectivity index is 2.53. The summed E-state index contributed by atoms with van der Waals surface area (Å²) in [7, 11) is -3.75. The lowest BCUT2D eigenvalue weighted by atomic mass is 10.3. The van der Waals surface area contributed by atoms with Crippen molar-refractivity contribution in [3.05, 3.63) is 30.3 Å². The first-order valence-electron chi connectivity index (χ1n) is 5.90. The number of para-hydroxylation sites is 1. The molecule has 0 radical (unpaired) electrons. The third kappa shape index (κ3) is 5.03. The van der Waals surface area contributed by atoms with E-state index in [2.05, 4.69) is 10.0 Å². The maximum Gasteiger partial charge on any atom is 0.259 e. The van der Waals surface area contributed by atoms with Crippen molar-refractivity contribution < 1.29 is 13.5 Å². The SMILES string of the molecule is CC(C)NCC[C@H](O)S(=O)(=O)Nc1ccccc1. The number of sulfonamides is 1. The topological polar surface area (TPSA) is 78.4 Å². The molecule has 0 aliphatic carbocycles. The van der Waals surface area contributed by atoms with Gasteiger partial charge < -0.3 is 10.4 Å². The Kier molecular flexibility index (Phi) is 5.58. The van der Waals surface area contributed by atoms with Gasteiger partial charge >= 0.3 is 0 Å². The molecule has 0 aliphatic heterocycles. The zero-order valence-corrected chi connectivity index (χ0v) is 11.4. The average molecular weight is 272 g/mol. The van der Waals surface area contributed by atoms with Crippen LogP contribution in [0, 0.1) is 0 Å². The number of anilines is 1. The standard InChI is InChI=1S/C12H20N2O3S/c1-10(2)13-9-8-12(15)18(16,17)14-11-6-4-3-5-7-11/h3-7,10,12-15H,8-9H2,1-2H3/t12-/m1/s1. The van der Waals surface area contributed by atoms with Gasteiger partial charge in [0.25, 0.3) is 10.0 Å². The number of hydrogen-bond acceptors (Lipinski definition) is 4. The van der Waals surface area contributed by atoms with Gasteiger partial charge in [-0.2, -0.15) is 0 Å². The molecule has 0 saturated carbocycles. The lowest BCUT2D eigenvalue weighted by Crippen LogP contribution is -2.33. The van der Waals surface area contributed by atoms with E-state index in [1.807, 2.05) is 13.8 Å². The predicted octanol–water partition coefficient (Wildman–Crippen LogP) is 1.13. The fourth-order valence-corrected chi connectivity index (χ4v) is 2.42. The van der Waals surface area contributed by atoms with Crippen LogP contribution in [0.5, 0.6) is 0 Å². The van der Waals surface area contributed by atoms with E-state index in [-0.39, 0.29) is 12.5 Å². The van der Waals surface area contributed by atoms with Gasteiger partial charge in [0.15, 0.2) is 5.44 Å². The van der Waals surface area contributed by atoms with Crippen LogP contribution in [0.3, 0.4) is 0 Å². The summed E-state index contributed by atoms with van der Waals surface area (Å²) in [6.45, 7) is 4.38. The summed E-state index contributed by atoms with van der Waals surface area (Å²) in [5, 5.41) is 12.7. The van der Waals surface area contributed by atoms with Gasteiger partial charge in [-0.05, 0) is 18.7 Å². The van der Waals surface area contributed by atoms with Crippen molar-refractivity contribution in [2.24, 2.45) is 0 Å². The first kappa shape index (κ1) is 14.9. The van der Waals surface area contributed by atoms with Crippen LogP contribution in [-0.4, -0.2) is 31.5 Å². The molecule has 0 aliphatic rings. The predicted molar refractivity (Wildman–Crippen MR) is 72.7 cm³/mol. The Morgan fingerprint density at radius 1 is 1.22 bits per heavy atom. The van der Waals surface area contributed by atoms with E-state index in [4.69, 9.17) is 0 Å². The van der Waals surface area contributed by atoms with Crippen molar-refractivity contribution in [3.8, 4) is 0 Å². The molecule has 1 rings (SSSR count). The Hall–Kier alpha value is -1.11. The molecular formula is C12H20N2O3S. The first-order chi connectivity index (χ1) is 8.42. The molecule has 0 amide bonds. The van der Waals surface area contributed by atoms with Gasteiger partial charge in [-0.3, -0.25) is 4.72 Å². The molecule has 1 aromatic rings. The summed E-state index contributed by atoms with van der Waals surface area (Å²) < 4.78 is 25.9. The summed E-state index contributed by atoms with van der Waals surface area (Å²) in [6, 6.07) is 8.78. The van der Waals surface area contributed by atoms with E-state index in [1.165, 1.54) is 0 Å². The molecule has 0 bridgehead atoms. The second kappa shape index (κ2) is 6.72. The zero-order valence-electron chi connectivity index (χ0n) is 10.6. The molecule has 0 heterocycles. The fraction of sp³-hybridized carbons (Fsp3) is 0.500. The highest BCUT2D eigenvalue weighted by atomic mass is 32.2. The minimum atomic E-state index is -3.75. The molecule has 5 nitrogen and oxygen atoms in total. The van der Waals surface area contributed by atoms with Gasteiger partial charge in [0, 0.05) is 18.2 Å². The van der Waals surface area contributed by atoms with Crippen LogP contribution in [0.15, 0.2) is 30.3 Å². The normalized spacial score (nSPS) is 13.6. The van der Waals surface area contributed by atoms with Gasteiger partial charge in [-0.1, -0.05) is 32.0 Å². The molecule has 0 saturated heterocycles. The second-order valence-electron chi connectivity index (χ2n) is 4.37. The molecule has 3 N–H and O–H groups in total. The number of aliphatic hydroxyl groups excluding tert-OH is 1. The molecule has 0 unspecified atom stereocenters. The van der Waals surface area contributed by atoms with Crippen molar-refractivity contribution in [1.82, 2.24) is 5.32 Å². The van der Waals surface area contributed by atoms with Crippen molar-refractivity contribution in [2.75, 3.05) is 11.3 Å². The second-order valence-corrected chi connectivity index (χ2v) is 6.20. The lowest BCUT2D eigenvalue weighted by molar-refractivity contribution is 0.236. The van der Waals surface area contributed by atoms with Crippen LogP contribution < -0.4 is 10.0 Å². The molecule has 1 atom stereocenters. The minimum Gasteiger partial charge on any atom is -0.375 e. The summed E-state index contributed by atoms with van der Waals surface area (Å²) in [5.74, 6) is 0. The van der Waals surface area contributed by atoms with Gasteiger partial charge in [0.2, 0.25) is 0 Å². The summed E-state index contributed by atoms with van der Waals surface area (Å²) in [5.41, 5.74) is -0.961. The lowest BCUT2D eigenvalue weighted by Gasteiger charge is -2.15. The van der Waals surface area contributed by atoms with Crippen molar-refractivity contribution in [2.45, 2.75) is 31.7 Å². The molecule has 0 fully saturated rings. The quantitative estimate of drug-likeness (QED) is 0.695. The smallest absolute Gasteiger partial charge is 0.259 e. The maximum absolute atomic E-state index is 11.8. The van der Waals surface area contributed by atoms with Crippen LogP contribution >= 0.6 is 0 Å². The monoisotopic (exact) mass is 272 g/mol. The molecule has 0 aromatic heterocycles. The molecule has 18 heavy (non-hydrogen) atoms. The Labute approximate surface area is 108 Å². The molecular weight excluding hydrogens is 252 g/mol. The van der Waals surface area contributed by atoms with Crippen LogP contribution in [0.25, 0.3) is 0 Å². The van der Waals surface area contributed by atoms with E-state index < -0.39 is 15.5 Å². The van der Waals surface area contributed by atoms with Crippen LogP contribution in [0.4, 0.5) is 5.69 Å². The van der Waals surface area contributed by atoms with E-state index in [1.54, 1.807) is 30.3 Å². The number of nitrogens with one attached hydrogen (secondary N) is 2. The highest BCUT2D eigenvalue weighted by molar-refractivity contribution is 7.93. The van der Waals surface area contributed by atoms with E-state index >= 15 is 0 Å². The Morgan fingerprint density at radius 2 is 1.83 bits per heavy atom. The molecule has 0 spiro atoms. The summed E-state index contributed by atoms with van der Waals surface area (Å²) in [6.07, 6.45) is 0.153. The summed E-state index contributed by atoms with van der Waals surface area (Å²) >= 11 is 0.